The zero-order valence-electron chi connectivity index (χ0n) is 12.3. The van der Waals surface area contributed by atoms with Gasteiger partial charge in [-0.2, -0.15) is 0 Å². The second-order valence-corrected chi connectivity index (χ2v) is 6.00. The fraction of sp³-hybridized carbons (Fsp3) is 0.500. The van der Waals surface area contributed by atoms with Gasteiger partial charge in [0.05, 0.1) is 11.0 Å². The summed E-state index contributed by atoms with van der Waals surface area (Å²) in [7, 11) is 2.04. The highest BCUT2D eigenvalue weighted by molar-refractivity contribution is 5.95. The number of nitrogens with one attached hydrogen (secondary N) is 1. The molecule has 1 heterocycles. The summed E-state index contributed by atoms with van der Waals surface area (Å²) < 4.78 is 2.12. The number of aromatic nitrogens is 2. The average Bonchev–Trinajstić information content (AvgIpc) is 2.64. The zero-order chi connectivity index (χ0) is 14.3. The van der Waals surface area contributed by atoms with E-state index < -0.39 is 0 Å². The summed E-state index contributed by atoms with van der Waals surface area (Å²) in [6.45, 7) is 4.28. The molecule has 0 aliphatic heterocycles. The molecule has 106 valence electrons. The van der Waals surface area contributed by atoms with Crippen LogP contribution in [0.5, 0.6) is 0 Å². The number of anilines is 1. The Labute approximate surface area is 119 Å². The molecule has 0 atom stereocenters. The zero-order valence-corrected chi connectivity index (χ0v) is 12.3. The van der Waals surface area contributed by atoms with Crippen LogP contribution in [-0.2, 0) is 11.8 Å². The van der Waals surface area contributed by atoms with Crippen LogP contribution in [0.4, 0.5) is 5.69 Å². The molecule has 4 nitrogen and oxygen atoms in total. The van der Waals surface area contributed by atoms with Crippen LogP contribution in [0.25, 0.3) is 11.0 Å². The standard InChI is InChI=1S/C16H21N3O/c1-10(2)15-18-13-9-12(7-8-14(13)19(15)3)17-16(20)11-5-4-6-11/h7-11H,4-6H2,1-3H3,(H,17,20). The first-order chi connectivity index (χ1) is 9.56. The van der Waals surface area contributed by atoms with Crippen LogP contribution in [0.15, 0.2) is 18.2 Å². The highest BCUT2D eigenvalue weighted by Gasteiger charge is 2.25. The highest BCUT2D eigenvalue weighted by atomic mass is 16.1. The second-order valence-electron chi connectivity index (χ2n) is 6.00. The van der Waals surface area contributed by atoms with Gasteiger partial charge in [0.25, 0.3) is 0 Å². The highest BCUT2D eigenvalue weighted by Crippen LogP contribution is 2.28. The smallest absolute Gasteiger partial charge is 0.227 e. The molecule has 0 bridgehead atoms. The number of carbonyl (C=O) groups is 1. The Hall–Kier alpha value is -1.84. The van der Waals surface area contributed by atoms with E-state index in [2.05, 4.69) is 28.7 Å². The summed E-state index contributed by atoms with van der Waals surface area (Å²) >= 11 is 0. The minimum absolute atomic E-state index is 0.149. The molecule has 0 unspecified atom stereocenters. The minimum Gasteiger partial charge on any atom is -0.331 e. The van der Waals surface area contributed by atoms with Crippen molar-refractivity contribution < 1.29 is 4.79 Å². The number of aryl methyl sites for hydroxylation is 1. The topological polar surface area (TPSA) is 46.9 Å². The first kappa shape index (κ1) is 13.2. The van der Waals surface area contributed by atoms with Crippen molar-refractivity contribution in [3.05, 3.63) is 24.0 Å². The van der Waals surface area contributed by atoms with Crippen LogP contribution in [-0.4, -0.2) is 15.5 Å². The molecular formula is C16H21N3O. The van der Waals surface area contributed by atoms with Crippen molar-refractivity contribution in [1.29, 1.82) is 0 Å². The van der Waals surface area contributed by atoms with Crippen molar-refractivity contribution in [3.8, 4) is 0 Å². The van der Waals surface area contributed by atoms with Gasteiger partial charge in [0.2, 0.25) is 5.91 Å². The van der Waals surface area contributed by atoms with Crippen LogP contribution >= 0.6 is 0 Å². The van der Waals surface area contributed by atoms with Crippen LogP contribution in [0.3, 0.4) is 0 Å². The van der Waals surface area contributed by atoms with E-state index in [-0.39, 0.29) is 11.8 Å². The Bertz CT molecular complexity index is 653. The summed E-state index contributed by atoms with van der Waals surface area (Å²) in [5.74, 6) is 1.82. The van der Waals surface area contributed by atoms with E-state index in [0.29, 0.717) is 5.92 Å². The minimum atomic E-state index is 0.149. The van der Waals surface area contributed by atoms with Gasteiger partial charge in [-0.25, -0.2) is 4.98 Å². The van der Waals surface area contributed by atoms with Gasteiger partial charge in [0, 0.05) is 24.6 Å². The van der Waals surface area contributed by atoms with Crippen LogP contribution < -0.4 is 5.32 Å². The van der Waals surface area contributed by atoms with Gasteiger partial charge in [0.15, 0.2) is 0 Å². The number of nitrogens with zero attached hydrogens (tertiary/aromatic N) is 2. The van der Waals surface area contributed by atoms with Gasteiger partial charge < -0.3 is 9.88 Å². The normalized spacial score (nSPS) is 15.6. The van der Waals surface area contributed by atoms with Crippen molar-refractivity contribution in [2.24, 2.45) is 13.0 Å². The number of benzene rings is 1. The molecule has 1 aliphatic rings. The molecule has 0 radical (unpaired) electrons. The second kappa shape index (κ2) is 4.93. The third kappa shape index (κ3) is 2.19. The Balaban J connectivity index is 1.88. The molecule has 0 saturated heterocycles. The lowest BCUT2D eigenvalue weighted by atomic mass is 9.85. The summed E-state index contributed by atoms with van der Waals surface area (Å²) in [6, 6.07) is 5.97. The van der Waals surface area contributed by atoms with Crippen molar-refractivity contribution in [1.82, 2.24) is 9.55 Å². The largest absolute Gasteiger partial charge is 0.331 e. The molecule has 4 heteroatoms. The van der Waals surface area contributed by atoms with Crippen molar-refractivity contribution in [2.75, 3.05) is 5.32 Å². The number of fused-ring (bicyclic) bond motifs is 1. The Morgan fingerprint density at radius 3 is 2.75 bits per heavy atom. The fourth-order valence-electron chi connectivity index (χ4n) is 2.73. The number of hydrogen-bond donors (Lipinski definition) is 1. The van der Waals surface area contributed by atoms with E-state index in [1.54, 1.807) is 0 Å². The quantitative estimate of drug-likeness (QED) is 0.929. The molecule has 20 heavy (non-hydrogen) atoms. The lowest BCUT2D eigenvalue weighted by Gasteiger charge is -2.24. The average molecular weight is 271 g/mol. The first-order valence-corrected chi connectivity index (χ1v) is 7.33. The predicted molar refractivity (Wildman–Crippen MR) is 80.8 cm³/mol. The SMILES string of the molecule is CC(C)c1nc2cc(NC(=O)C3CCC3)ccc2n1C. The van der Waals surface area contributed by atoms with Crippen molar-refractivity contribution in [3.63, 3.8) is 0 Å². The third-order valence-corrected chi connectivity index (χ3v) is 4.18. The monoisotopic (exact) mass is 271 g/mol. The maximum atomic E-state index is 12.0. The third-order valence-electron chi connectivity index (χ3n) is 4.18. The van der Waals surface area contributed by atoms with Crippen LogP contribution in [0.2, 0.25) is 0 Å². The number of carbonyl (C=O) groups excluding carboxylic acids is 1. The lowest BCUT2D eigenvalue weighted by Crippen LogP contribution is -2.27. The molecule has 1 aromatic carbocycles. The Kier molecular flexibility index (Phi) is 3.24. The van der Waals surface area contributed by atoms with E-state index in [1.807, 2.05) is 25.2 Å². The maximum absolute atomic E-state index is 12.0. The molecule has 1 fully saturated rings. The first-order valence-electron chi connectivity index (χ1n) is 7.33. The van der Waals surface area contributed by atoms with E-state index in [1.165, 1.54) is 6.42 Å². The number of hydrogen-bond acceptors (Lipinski definition) is 2. The van der Waals surface area contributed by atoms with E-state index in [4.69, 9.17) is 0 Å². The predicted octanol–water partition coefficient (Wildman–Crippen LogP) is 3.44. The van der Waals surface area contributed by atoms with E-state index >= 15 is 0 Å². The van der Waals surface area contributed by atoms with Gasteiger partial charge in [0.1, 0.15) is 5.82 Å². The summed E-state index contributed by atoms with van der Waals surface area (Å²) in [5, 5.41) is 3.01. The summed E-state index contributed by atoms with van der Waals surface area (Å²) in [4.78, 5) is 16.6. The molecule has 1 N–H and O–H groups in total. The number of rotatable bonds is 3. The molecule has 1 saturated carbocycles. The summed E-state index contributed by atoms with van der Waals surface area (Å²) in [5.41, 5.74) is 2.90. The van der Waals surface area contributed by atoms with Crippen molar-refractivity contribution >= 4 is 22.6 Å². The molecule has 3 rings (SSSR count). The molecule has 1 amide bonds. The van der Waals surface area contributed by atoms with Crippen LogP contribution in [0.1, 0.15) is 44.9 Å². The molecule has 2 aromatic rings. The summed E-state index contributed by atoms with van der Waals surface area (Å²) in [6.07, 6.45) is 3.22. The Morgan fingerprint density at radius 1 is 1.40 bits per heavy atom. The fourth-order valence-corrected chi connectivity index (χ4v) is 2.73. The number of amides is 1. The van der Waals surface area contributed by atoms with E-state index in [0.717, 1.165) is 35.4 Å². The van der Waals surface area contributed by atoms with Gasteiger partial charge in [-0.05, 0) is 31.0 Å². The van der Waals surface area contributed by atoms with Crippen LogP contribution in [0, 0.1) is 5.92 Å². The van der Waals surface area contributed by atoms with Gasteiger partial charge in [-0.15, -0.1) is 0 Å². The van der Waals surface area contributed by atoms with E-state index in [9.17, 15) is 4.79 Å². The van der Waals surface area contributed by atoms with Crippen molar-refractivity contribution in [2.45, 2.75) is 39.0 Å². The number of imidazole rings is 1. The molecule has 1 aliphatic carbocycles. The molecule has 1 aromatic heterocycles. The van der Waals surface area contributed by atoms with Gasteiger partial charge >= 0.3 is 0 Å². The van der Waals surface area contributed by atoms with Gasteiger partial charge in [-0.3, -0.25) is 4.79 Å². The van der Waals surface area contributed by atoms with Gasteiger partial charge in [-0.1, -0.05) is 20.3 Å². The lowest BCUT2D eigenvalue weighted by molar-refractivity contribution is -0.122. The molecule has 0 spiro atoms. The maximum Gasteiger partial charge on any atom is 0.227 e. The molecular weight excluding hydrogens is 250 g/mol. The Morgan fingerprint density at radius 2 is 2.15 bits per heavy atom.